The summed E-state index contributed by atoms with van der Waals surface area (Å²) in [7, 11) is 0. The molecule has 0 aromatic heterocycles. The lowest BCUT2D eigenvalue weighted by Gasteiger charge is -2.26. The second-order valence-electron chi connectivity index (χ2n) is 6.62. The van der Waals surface area contributed by atoms with Gasteiger partial charge in [0.05, 0.1) is 13.1 Å². The predicted molar refractivity (Wildman–Crippen MR) is 104 cm³/mol. The molecule has 2 aromatic rings. The van der Waals surface area contributed by atoms with E-state index in [1.54, 1.807) is 29.2 Å². The van der Waals surface area contributed by atoms with Crippen LogP contribution in [0.25, 0.3) is 0 Å². The van der Waals surface area contributed by atoms with Gasteiger partial charge in [-0.15, -0.1) is 0 Å². The van der Waals surface area contributed by atoms with Gasteiger partial charge in [-0.1, -0.05) is 30.3 Å². The van der Waals surface area contributed by atoms with Crippen LogP contribution in [0.15, 0.2) is 42.5 Å². The quantitative estimate of drug-likeness (QED) is 0.350. The molecule has 9 heteroatoms. The van der Waals surface area contributed by atoms with Gasteiger partial charge >= 0.3 is 11.9 Å². The van der Waals surface area contributed by atoms with Gasteiger partial charge in [-0.25, -0.2) is 0 Å². The number of carboxylic acids is 2. The third-order valence-electron chi connectivity index (χ3n) is 4.33. The topological polar surface area (TPSA) is 142 Å². The third kappa shape index (κ3) is 6.98. The first-order valence-electron chi connectivity index (χ1n) is 8.91. The summed E-state index contributed by atoms with van der Waals surface area (Å²) < 4.78 is 0. The number of phenolic OH excluding ortho intramolecular Hbond substituents is 3. The number of benzene rings is 2. The lowest BCUT2D eigenvalue weighted by molar-refractivity contribution is -0.140. The molecule has 9 nitrogen and oxygen atoms in total. The standard InChI is InChI=1S/C20H24N2O7/c23-16-6-2-1-4-14(16)10-21(12-18(25)26)8-9-22(13-19(27)28)11-15-5-3-7-17(24)20(15)29/h1-7,23-24,29H,8-13H2,(H,25,26)(H,27,28). The van der Waals surface area contributed by atoms with Crippen LogP contribution in [0.3, 0.4) is 0 Å². The van der Waals surface area contributed by atoms with E-state index in [9.17, 15) is 35.1 Å². The Morgan fingerprint density at radius 3 is 1.72 bits per heavy atom. The van der Waals surface area contributed by atoms with Crippen LogP contribution in [0.4, 0.5) is 0 Å². The van der Waals surface area contributed by atoms with Crippen LogP contribution in [0.2, 0.25) is 0 Å². The largest absolute Gasteiger partial charge is 0.508 e. The van der Waals surface area contributed by atoms with Crippen LogP contribution in [0.1, 0.15) is 11.1 Å². The number of hydrogen-bond acceptors (Lipinski definition) is 7. The molecule has 0 bridgehead atoms. The van der Waals surface area contributed by atoms with E-state index >= 15 is 0 Å². The van der Waals surface area contributed by atoms with Crippen molar-refractivity contribution in [2.24, 2.45) is 0 Å². The van der Waals surface area contributed by atoms with Crippen LogP contribution in [0, 0.1) is 0 Å². The average Bonchev–Trinajstić information content (AvgIpc) is 2.64. The van der Waals surface area contributed by atoms with Gasteiger partial charge in [-0.05, 0) is 12.1 Å². The van der Waals surface area contributed by atoms with Gasteiger partial charge in [0.1, 0.15) is 5.75 Å². The van der Waals surface area contributed by atoms with Crippen molar-refractivity contribution < 1.29 is 35.1 Å². The Kier molecular flexibility index (Phi) is 7.81. The number of nitrogens with zero attached hydrogens (tertiary/aromatic N) is 2. The zero-order valence-corrected chi connectivity index (χ0v) is 15.7. The van der Waals surface area contributed by atoms with Crippen LogP contribution in [0.5, 0.6) is 17.2 Å². The summed E-state index contributed by atoms with van der Waals surface area (Å²) in [6.45, 7) is 0.0380. The zero-order valence-electron chi connectivity index (χ0n) is 15.7. The summed E-state index contributed by atoms with van der Waals surface area (Å²) in [6.07, 6.45) is 0. The molecule has 156 valence electrons. The van der Waals surface area contributed by atoms with Gasteiger partial charge in [0.15, 0.2) is 11.5 Å². The fraction of sp³-hybridized carbons (Fsp3) is 0.300. The maximum absolute atomic E-state index is 11.2. The lowest BCUT2D eigenvalue weighted by Crippen LogP contribution is -2.39. The minimum Gasteiger partial charge on any atom is -0.508 e. The second-order valence-corrected chi connectivity index (χ2v) is 6.62. The van der Waals surface area contributed by atoms with Crippen molar-refractivity contribution in [3.8, 4) is 17.2 Å². The molecule has 0 atom stereocenters. The van der Waals surface area contributed by atoms with Crippen LogP contribution in [-0.4, -0.2) is 73.5 Å². The average molecular weight is 404 g/mol. The molecule has 5 N–H and O–H groups in total. The molecule has 29 heavy (non-hydrogen) atoms. The molecule has 0 aliphatic heterocycles. The fourth-order valence-electron chi connectivity index (χ4n) is 2.93. The highest BCUT2D eigenvalue weighted by atomic mass is 16.4. The molecule has 0 radical (unpaired) electrons. The van der Waals surface area contributed by atoms with Crippen molar-refractivity contribution in [3.63, 3.8) is 0 Å². The predicted octanol–water partition coefficient (Wildman–Crippen LogP) is 1.28. The van der Waals surface area contributed by atoms with Crippen LogP contribution in [-0.2, 0) is 22.7 Å². The monoisotopic (exact) mass is 404 g/mol. The van der Waals surface area contributed by atoms with Crippen molar-refractivity contribution in [1.82, 2.24) is 9.80 Å². The molecule has 0 amide bonds. The molecule has 0 unspecified atom stereocenters. The van der Waals surface area contributed by atoms with Gasteiger partial charge in [0, 0.05) is 37.3 Å². The van der Waals surface area contributed by atoms with Gasteiger partial charge in [-0.3, -0.25) is 19.4 Å². The summed E-state index contributed by atoms with van der Waals surface area (Å²) in [6, 6.07) is 11.0. The highest BCUT2D eigenvalue weighted by Gasteiger charge is 2.18. The molecule has 0 heterocycles. The molecule has 0 aliphatic rings. The van der Waals surface area contributed by atoms with Crippen LogP contribution >= 0.6 is 0 Å². The molecular formula is C20H24N2O7. The van der Waals surface area contributed by atoms with E-state index in [2.05, 4.69) is 0 Å². The number of aliphatic carboxylic acids is 2. The Labute approximate surface area is 167 Å². The number of hydrogen-bond donors (Lipinski definition) is 5. The van der Waals surface area contributed by atoms with E-state index in [4.69, 9.17) is 0 Å². The molecular weight excluding hydrogens is 380 g/mol. The van der Waals surface area contributed by atoms with Crippen molar-refractivity contribution in [1.29, 1.82) is 0 Å². The summed E-state index contributed by atoms with van der Waals surface area (Å²) in [5.41, 5.74) is 0.917. The van der Waals surface area contributed by atoms with Gasteiger partial charge in [0.25, 0.3) is 0 Å². The van der Waals surface area contributed by atoms with E-state index in [0.29, 0.717) is 11.1 Å². The maximum atomic E-state index is 11.2. The van der Waals surface area contributed by atoms with E-state index in [-0.39, 0.29) is 56.5 Å². The van der Waals surface area contributed by atoms with Gasteiger partial charge < -0.3 is 25.5 Å². The van der Waals surface area contributed by atoms with Crippen molar-refractivity contribution in [3.05, 3.63) is 53.6 Å². The van der Waals surface area contributed by atoms with E-state index in [1.165, 1.54) is 23.1 Å². The highest BCUT2D eigenvalue weighted by molar-refractivity contribution is 5.69. The minimum absolute atomic E-state index is 0.0509. The van der Waals surface area contributed by atoms with Crippen LogP contribution < -0.4 is 0 Å². The third-order valence-corrected chi connectivity index (χ3v) is 4.33. The highest BCUT2D eigenvalue weighted by Crippen LogP contribution is 2.29. The minimum atomic E-state index is -1.07. The molecule has 2 rings (SSSR count). The Balaban J connectivity index is 2.10. The fourth-order valence-corrected chi connectivity index (χ4v) is 2.93. The van der Waals surface area contributed by atoms with E-state index < -0.39 is 11.9 Å². The number of carboxylic acid groups (broad SMARTS) is 2. The Morgan fingerprint density at radius 1 is 0.690 bits per heavy atom. The zero-order chi connectivity index (χ0) is 21.4. The smallest absolute Gasteiger partial charge is 0.317 e. The number of aromatic hydroxyl groups is 3. The molecule has 0 fully saturated rings. The number of phenols is 3. The molecule has 0 spiro atoms. The molecule has 0 aliphatic carbocycles. The summed E-state index contributed by atoms with van der Waals surface area (Å²) >= 11 is 0. The number of para-hydroxylation sites is 2. The van der Waals surface area contributed by atoms with Gasteiger partial charge in [0.2, 0.25) is 0 Å². The van der Waals surface area contributed by atoms with Crippen molar-refractivity contribution >= 4 is 11.9 Å². The molecule has 0 saturated carbocycles. The van der Waals surface area contributed by atoms with Crippen molar-refractivity contribution in [2.45, 2.75) is 13.1 Å². The summed E-state index contributed by atoms with van der Waals surface area (Å²) in [4.78, 5) is 25.5. The SMILES string of the molecule is O=C(O)CN(CCN(CC(=O)O)Cc1cccc(O)c1O)Cc1ccccc1O. The number of rotatable bonds is 11. The summed E-state index contributed by atoms with van der Waals surface area (Å²) in [5, 5.41) is 47.9. The second kappa shape index (κ2) is 10.3. The van der Waals surface area contributed by atoms with E-state index in [1.807, 2.05) is 0 Å². The maximum Gasteiger partial charge on any atom is 0.317 e. The Hall–Kier alpha value is -3.30. The first kappa shape index (κ1) is 22.0. The normalized spacial score (nSPS) is 11.1. The van der Waals surface area contributed by atoms with Gasteiger partial charge in [-0.2, -0.15) is 0 Å². The lowest BCUT2D eigenvalue weighted by atomic mass is 10.1. The van der Waals surface area contributed by atoms with Crippen molar-refractivity contribution in [2.75, 3.05) is 26.2 Å². The molecule has 2 aromatic carbocycles. The first-order valence-corrected chi connectivity index (χ1v) is 8.91. The summed E-state index contributed by atoms with van der Waals surface area (Å²) in [5.74, 6) is -2.69. The number of carbonyl (C=O) groups is 2. The first-order chi connectivity index (χ1) is 13.8. The Morgan fingerprint density at radius 2 is 1.17 bits per heavy atom. The molecule has 0 saturated heterocycles. The Bertz CT molecular complexity index is 856. The van der Waals surface area contributed by atoms with E-state index in [0.717, 1.165) is 0 Å².